The Balaban J connectivity index is 2.26. The van der Waals surface area contributed by atoms with Crippen LogP contribution >= 0.6 is 7.14 Å². The van der Waals surface area contributed by atoms with Gasteiger partial charge >= 0.3 is 119 Å². The second-order valence-electron chi connectivity index (χ2n) is 3.46. The van der Waals surface area contributed by atoms with E-state index >= 15 is 0 Å². The molecule has 0 bridgehead atoms. The third-order valence-electron chi connectivity index (χ3n) is 2.45. The van der Waals surface area contributed by atoms with E-state index in [1.807, 2.05) is 0 Å². The first-order chi connectivity index (χ1) is 8.32. The predicted molar refractivity (Wildman–Crippen MR) is 76.7 cm³/mol. The maximum atomic E-state index is 13.5. The molecule has 0 saturated heterocycles. The van der Waals surface area contributed by atoms with E-state index in [1.54, 1.807) is 0 Å². The fourth-order valence-corrected chi connectivity index (χ4v) is 16.6. The average molecular weight is 437 g/mol. The van der Waals surface area contributed by atoms with E-state index in [0.29, 0.717) is 0 Å². The topological polar surface area (TPSA) is 17.1 Å². The zero-order valence-electron chi connectivity index (χ0n) is 8.78. The molecule has 0 amide bonds. The Kier molecular flexibility index (Phi) is 3.66. The van der Waals surface area contributed by atoms with Crippen LogP contribution in [0.2, 0.25) is 0 Å². The molecule has 0 radical (unpaired) electrons. The normalized spacial score (nSPS) is 11.8. The maximum absolute atomic E-state index is 13.5. The van der Waals surface area contributed by atoms with Gasteiger partial charge in [-0.25, -0.2) is 0 Å². The van der Waals surface area contributed by atoms with Crippen molar-refractivity contribution in [3.8, 4) is 0 Å². The summed E-state index contributed by atoms with van der Waals surface area (Å²) in [4.78, 5) is 6.50. The first-order valence-corrected chi connectivity index (χ1v) is 12.3. The van der Waals surface area contributed by atoms with Gasteiger partial charge in [-0.05, 0) is 0 Å². The molecule has 0 N–H and O–H groups in total. The predicted octanol–water partition coefficient (Wildman–Crippen LogP) is 0.497. The first kappa shape index (κ1) is 12.3. The summed E-state index contributed by atoms with van der Waals surface area (Å²) < 4.78 is 17.1. The molecule has 86 valence electrons. The molecule has 0 aliphatic rings. The van der Waals surface area contributed by atoms with Crippen molar-refractivity contribution >= 4 is 63.2 Å². The van der Waals surface area contributed by atoms with Crippen LogP contribution in [0.3, 0.4) is 0 Å². The van der Waals surface area contributed by atoms with E-state index in [-0.39, 0.29) is 43.5 Å². The van der Waals surface area contributed by atoms with Crippen molar-refractivity contribution in [2.45, 2.75) is 0 Å². The molecule has 0 unspecified atom stereocenters. The third kappa shape index (κ3) is 2.13. The Morgan fingerprint density at radius 3 is 1.29 bits per heavy atom. The molecule has 0 spiro atoms. The summed E-state index contributed by atoms with van der Waals surface area (Å²) in [7, 11) is -2.38. The fourth-order valence-electron chi connectivity index (χ4n) is 1.67. The summed E-state index contributed by atoms with van der Waals surface area (Å²) in [5.74, 6) is 0. The number of rotatable bonds is 3. The van der Waals surface area contributed by atoms with Gasteiger partial charge in [0.15, 0.2) is 0 Å². The second kappa shape index (κ2) is 5.08. The molecule has 1 nitrogen and oxygen atoms in total. The van der Waals surface area contributed by atoms with E-state index < -0.39 is 7.14 Å². The zero-order valence-corrected chi connectivity index (χ0v) is 14.8. The Bertz CT molecular complexity index is 532. The molecule has 17 heavy (non-hydrogen) atoms. The molecule has 5 heteroatoms. The second-order valence-corrected chi connectivity index (χ2v) is 14.1. The SMILES string of the molecule is O=P(c1ccc[se]1)(c1ccc[se]1)c1ccc[se]1. The van der Waals surface area contributed by atoms with Gasteiger partial charge in [0, 0.05) is 0 Å². The molecule has 0 saturated carbocycles. The van der Waals surface area contributed by atoms with Crippen LogP contribution in [0.15, 0.2) is 51.2 Å². The third-order valence-corrected chi connectivity index (χ3v) is 15.5. The van der Waals surface area contributed by atoms with Crippen molar-refractivity contribution in [1.29, 1.82) is 0 Å². The van der Waals surface area contributed by atoms with Gasteiger partial charge in [0.25, 0.3) is 0 Å². The summed E-state index contributed by atoms with van der Waals surface area (Å²) >= 11 is 0.859. The quantitative estimate of drug-likeness (QED) is 0.431. The van der Waals surface area contributed by atoms with E-state index in [9.17, 15) is 4.57 Å². The van der Waals surface area contributed by atoms with Gasteiger partial charge in [-0.3, -0.25) is 0 Å². The van der Waals surface area contributed by atoms with Gasteiger partial charge < -0.3 is 0 Å². The van der Waals surface area contributed by atoms with E-state index in [4.69, 9.17) is 0 Å². The van der Waals surface area contributed by atoms with Crippen molar-refractivity contribution < 1.29 is 4.57 Å². The number of hydrogen-bond donors (Lipinski definition) is 0. The molecule has 3 rings (SSSR count). The number of hydrogen-bond acceptors (Lipinski definition) is 1. The van der Waals surface area contributed by atoms with E-state index in [2.05, 4.69) is 51.2 Å². The molecule has 3 aromatic rings. The van der Waals surface area contributed by atoms with Gasteiger partial charge in [-0.2, -0.15) is 0 Å². The van der Waals surface area contributed by atoms with Crippen LogP contribution in [-0.2, 0) is 4.57 Å². The monoisotopic (exact) mass is 440 g/mol. The van der Waals surface area contributed by atoms with Crippen molar-refractivity contribution in [2.75, 3.05) is 0 Å². The molecule has 3 heterocycles. The average Bonchev–Trinajstić information content (AvgIpc) is 3.10. The van der Waals surface area contributed by atoms with Gasteiger partial charge in [0.2, 0.25) is 0 Å². The molecule has 0 aliphatic heterocycles. The first-order valence-electron chi connectivity index (χ1n) is 5.04. The van der Waals surface area contributed by atoms with Crippen molar-refractivity contribution in [1.82, 2.24) is 0 Å². The Morgan fingerprint density at radius 2 is 1.06 bits per heavy atom. The van der Waals surface area contributed by atoms with Crippen LogP contribution in [0.1, 0.15) is 0 Å². The van der Waals surface area contributed by atoms with Crippen molar-refractivity contribution in [3.63, 3.8) is 0 Å². The zero-order chi connectivity index (χ0) is 11.7. The standard InChI is InChI=1S/C12H9OPSe3/c13-14(10-4-1-7-15-10,11-5-2-8-16-11)12-6-3-9-17-12/h1-9H. The van der Waals surface area contributed by atoms with Gasteiger partial charge in [0.05, 0.1) is 0 Å². The molecule has 0 aromatic carbocycles. The van der Waals surface area contributed by atoms with Crippen LogP contribution in [-0.4, -0.2) is 43.5 Å². The van der Waals surface area contributed by atoms with Crippen LogP contribution < -0.4 is 12.5 Å². The molecular weight excluding hydrogens is 428 g/mol. The molecular formula is C12H9OPSe3. The molecule has 0 aliphatic carbocycles. The van der Waals surface area contributed by atoms with Gasteiger partial charge in [-0.1, -0.05) is 0 Å². The summed E-state index contributed by atoms with van der Waals surface area (Å²) in [5.41, 5.74) is 0. The Morgan fingerprint density at radius 1 is 0.706 bits per heavy atom. The minimum absolute atomic E-state index is 0.286. The molecule has 0 atom stereocenters. The molecule has 0 fully saturated rings. The summed E-state index contributed by atoms with van der Waals surface area (Å²) in [6, 6.07) is 12.5. The van der Waals surface area contributed by atoms with Crippen LogP contribution in [0.4, 0.5) is 0 Å². The van der Waals surface area contributed by atoms with Crippen LogP contribution in [0, 0.1) is 0 Å². The molecule has 3 aromatic heterocycles. The van der Waals surface area contributed by atoms with E-state index in [1.165, 1.54) is 12.5 Å². The Hall–Kier alpha value is 0.228. The minimum atomic E-state index is -2.38. The fraction of sp³-hybridized carbons (Fsp3) is 0. The van der Waals surface area contributed by atoms with Gasteiger partial charge in [-0.15, -0.1) is 0 Å². The Labute approximate surface area is 118 Å². The summed E-state index contributed by atoms with van der Waals surface area (Å²) in [5, 5.41) is 0. The summed E-state index contributed by atoms with van der Waals surface area (Å²) in [6.07, 6.45) is 0. The van der Waals surface area contributed by atoms with E-state index in [0.717, 1.165) is 0 Å². The summed E-state index contributed by atoms with van der Waals surface area (Å²) in [6.45, 7) is 0. The van der Waals surface area contributed by atoms with Crippen LogP contribution in [0.5, 0.6) is 0 Å². The van der Waals surface area contributed by atoms with Crippen molar-refractivity contribution in [3.05, 3.63) is 51.2 Å². The van der Waals surface area contributed by atoms with Crippen molar-refractivity contribution in [2.24, 2.45) is 0 Å². The van der Waals surface area contributed by atoms with Gasteiger partial charge in [0.1, 0.15) is 0 Å². The van der Waals surface area contributed by atoms with Crippen LogP contribution in [0.25, 0.3) is 0 Å².